The molecule has 2 aromatic heterocycles. The fourth-order valence-corrected chi connectivity index (χ4v) is 9.62. The second-order valence-electron chi connectivity index (χ2n) is 14.2. The monoisotopic (exact) mass is 790 g/mol. The zero-order valence-electron chi connectivity index (χ0n) is 31.0. The molecule has 16 nitrogen and oxygen atoms in total. The van der Waals surface area contributed by atoms with E-state index in [-0.39, 0.29) is 11.8 Å². The molecule has 0 unspecified atom stereocenters. The van der Waals surface area contributed by atoms with Gasteiger partial charge in [0, 0.05) is 23.3 Å². The van der Waals surface area contributed by atoms with Crippen LogP contribution in [0.1, 0.15) is 89.7 Å². The lowest BCUT2D eigenvalue weighted by Crippen LogP contribution is -2.36. The fourth-order valence-electron chi connectivity index (χ4n) is 7.01. The predicted molar refractivity (Wildman–Crippen MR) is 215 cm³/mol. The van der Waals surface area contributed by atoms with Crippen LogP contribution in [0.5, 0.6) is 0 Å². The maximum absolute atomic E-state index is 11.8. The number of carbonyl (C=O) groups is 2. The summed E-state index contributed by atoms with van der Waals surface area (Å²) < 4.78 is 7.49. The number of aliphatic carboxylic acids is 1. The lowest BCUT2D eigenvalue weighted by molar-refractivity contribution is -0.138. The summed E-state index contributed by atoms with van der Waals surface area (Å²) in [6.45, 7) is 3.01. The Labute approximate surface area is 325 Å². The number of carboxylic acids is 1. The molecule has 5 heterocycles. The zero-order chi connectivity index (χ0) is 38.1. The van der Waals surface area contributed by atoms with Gasteiger partial charge >= 0.3 is 12.0 Å². The summed E-state index contributed by atoms with van der Waals surface area (Å²) in [7, 11) is 0. The second kappa shape index (κ2) is 22.5. The minimum atomic E-state index is -1.19. The number of thioether (sulfide) groups is 2. The zero-order valence-corrected chi connectivity index (χ0v) is 32.6. The molecule has 18 heteroatoms. The van der Waals surface area contributed by atoms with Gasteiger partial charge in [-0.3, -0.25) is 14.6 Å². The van der Waals surface area contributed by atoms with E-state index in [0.29, 0.717) is 46.4 Å². The number of aliphatic hydroxyl groups is 2. The third-order valence-electron chi connectivity index (χ3n) is 10.1. The van der Waals surface area contributed by atoms with Gasteiger partial charge in [0.05, 0.1) is 24.5 Å². The first-order chi connectivity index (χ1) is 26.3. The van der Waals surface area contributed by atoms with E-state index in [1.165, 1.54) is 67.5 Å². The smallest absolute Gasteiger partial charge is 0.328 e. The summed E-state index contributed by atoms with van der Waals surface area (Å²) in [6, 6.07) is -0.185. The van der Waals surface area contributed by atoms with Crippen molar-refractivity contribution in [3.05, 3.63) is 12.7 Å². The number of carbonyl (C=O) groups excluding carboxylic acids is 1. The molecule has 0 bridgehead atoms. The summed E-state index contributed by atoms with van der Waals surface area (Å²) in [5, 5.41) is 41.1. The van der Waals surface area contributed by atoms with Crippen LogP contribution in [-0.2, 0) is 9.53 Å². The van der Waals surface area contributed by atoms with Crippen LogP contribution >= 0.6 is 23.5 Å². The number of aliphatic imine (C=N–C) groups is 2. The number of urea groups is 1. The van der Waals surface area contributed by atoms with Crippen molar-refractivity contribution in [1.82, 2.24) is 35.5 Å². The number of nitrogens with zero attached hydrogens (tertiary/aromatic N) is 6. The van der Waals surface area contributed by atoms with Crippen LogP contribution in [0, 0.1) is 0 Å². The molecule has 8 N–H and O–H groups in total. The summed E-state index contributed by atoms with van der Waals surface area (Å²) in [6.07, 6.45) is 16.1. The highest BCUT2D eigenvalue weighted by molar-refractivity contribution is 8.00. The summed E-state index contributed by atoms with van der Waals surface area (Å²) in [5.41, 5.74) is 6.64. The summed E-state index contributed by atoms with van der Waals surface area (Å²) in [4.78, 5) is 44.4. The number of nitrogen functional groups attached to an aromatic ring is 1. The molecular weight excluding hydrogens is 733 g/mol. The van der Waals surface area contributed by atoms with Crippen LogP contribution in [0.15, 0.2) is 22.6 Å². The lowest BCUT2D eigenvalue weighted by Gasteiger charge is -2.16. The second-order valence-corrected chi connectivity index (χ2v) is 16.6. The average Bonchev–Trinajstić information content (AvgIpc) is 3.92. The number of aliphatic hydroxyl groups excluding tert-OH is 2. The maximum Gasteiger partial charge on any atom is 0.328 e. The minimum Gasteiger partial charge on any atom is -0.480 e. The van der Waals surface area contributed by atoms with E-state index in [1.54, 1.807) is 6.21 Å². The molecule has 0 aromatic carbocycles. The van der Waals surface area contributed by atoms with Crippen LogP contribution in [0.2, 0.25) is 0 Å². The number of nitrogens with two attached hydrogens (primary N) is 1. The number of carboxylic acid groups (broad SMARTS) is 1. The van der Waals surface area contributed by atoms with E-state index in [2.05, 4.69) is 40.9 Å². The number of rotatable bonds is 26. The Hall–Kier alpha value is -3.03. The van der Waals surface area contributed by atoms with E-state index in [1.807, 2.05) is 18.0 Å². The minimum absolute atomic E-state index is 0.00245. The summed E-state index contributed by atoms with van der Waals surface area (Å²) in [5.74, 6) is 1.18. The van der Waals surface area contributed by atoms with Gasteiger partial charge in [0.2, 0.25) is 0 Å². The van der Waals surface area contributed by atoms with Crippen molar-refractivity contribution in [2.24, 2.45) is 9.98 Å². The van der Waals surface area contributed by atoms with Crippen molar-refractivity contribution in [1.29, 1.82) is 0 Å². The number of nitrogens with one attached hydrogen (secondary N) is 3. The number of anilines is 1. The van der Waals surface area contributed by atoms with Crippen molar-refractivity contribution in [2.75, 3.05) is 42.6 Å². The summed E-state index contributed by atoms with van der Waals surface area (Å²) >= 11 is 3.44. The van der Waals surface area contributed by atoms with E-state index < -0.39 is 36.6 Å². The Morgan fingerprint density at radius 2 is 1.83 bits per heavy atom. The van der Waals surface area contributed by atoms with Crippen molar-refractivity contribution in [2.45, 2.75) is 131 Å². The SMILES string of the molecule is Nc1ncnc2c1ncn2[C@@H]1O[C@H](CSCC[C@H](/N=C/CCCCC/C=N\CCCCCNCCCCC[C@@H]2SC[C@@H]3NC(=O)N[C@@H]32)C(=O)O)[C@@H](O)[C@H]1O. The number of imidazole rings is 1. The van der Waals surface area contributed by atoms with E-state index in [0.717, 1.165) is 63.9 Å². The number of hydrogen-bond donors (Lipinski definition) is 7. The Morgan fingerprint density at radius 1 is 1.06 bits per heavy atom. The first kappa shape index (κ1) is 42.1. The first-order valence-electron chi connectivity index (χ1n) is 19.5. The molecule has 8 atom stereocenters. The Morgan fingerprint density at radius 3 is 2.65 bits per heavy atom. The fraction of sp³-hybridized carbons (Fsp3) is 0.750. The van der Waals surface area contributed by atoms with Crippen LogP contribution < -0.4 is 21.7 Å². The number of ether oxygens (including phenoxy) is 1. The van der Waals surface area contributed by atoms with Gasteiger partial charge < -0.3 is 41.7 Å². The van der Waals surface area contributed by atoms with Crippen LogP contribution in [0.3, 0.4) is 0 Å². The normalized spacial score (nSPS) is 25.9. The number of hydrogen-bond acceptors (Lipinski definition) is 14. The number of aromatic nitrogens is 4. The molecule has 3 saturated heterocycles. The number of unbranched alkanes of at least 4 members (excludes halogenated alkanes) is 8. The average molecular weight is 791 g/mol. The molecule has 5 rings (SSSR count). The molecule has 0 saturated carbocycles. The van der Waals surface area contributed by atoms with Gasteiger partial charge in [-0.1, -0.05) is 25.7 Å². The van der Waals surface area contributed by atoms with Gasteiger partial charge in [0.1, 0.15) is 30.1 Å². The molecule has 3 fully saturated rings. The molecule has 2 amide bonds. The van der Waals surface area contributed by atoms with Gasteiger partial charge in [0.25, 0.3) is 0 Å². The number of amides is 2. The van der Waals surface area contributed by atoms with Crippen LogP contribution in [0.4, 0.5) is 10.6 Å². The van der Waals surface area contributed by atoms with Gasteiger partial charge in [-0.2, -0.15) is 23.5 Å². The molecule has 3 aliphatic heterocycles. The van der Waals surface area contributed by atoms with Crippen molar-refractivity contribution in [3.63, 3.8) is 0 Å². The molecule has 3 aliphatic rings. The highest BCUT2D eigenvalue weighted by Gasteiger charge is 2.44. The maximum atomic E-state index is 11.8. The van der Waals surface area contributed by atoms with Crippen LogP contribution in [0.25, 0.3) is 11.2 Å². The van der Waals surface area contributed by atoms with Crippen molar-refractivity contribution in [3.8, 4) is 0 Å². The van der Waals surface area contributed by atoms with Gasteiger partial charge in [-0.15, -0.1) is 0 Å². The third kappa shape index (κ3) is 12.5. The van der Waals surface area contributed by atoms with Gasteiger partial charge in [-0.25, -0.2) is 24.5 Å². The largest absolute Gasteiger partial charge is 0.480 e. The van der Waals surface area contributed by atoms with E-state index >= 15 is 0 Å². The molecule has 0 radical (unpaired) electrons. The highest BCUT2D eigenvalue weighted by atomic mass is 32.2. The third-order valence-corrected chi connectivity index (χ3v) is 12.7. The molecule has 2 aromatic rings. The van der Waals surface area contributed by atoms with Gasteiger partial charge in [0.15, 0.2) is 17.7 Å². The van der Waals surface area contributed by atoms with Crippen molar-refractivity contribution < 1.29 is 29.6 Å². The molecular formula is C36H58N10O6S2. The molecule has 0 spiro atoms. The van der Waals surface area contributed by atoms with E-state index in [9.17, 15) is 24.9 Å². The van der Waals surface area contributed by atoms with Crippen LogP contribution in [-0.4, -0.2) is 138 Å². The standard InChI is InChI=1S/C36H58N10O6S2/c37-32-29-33(42-22-41-32)46(23-43-29)34-31(48)30(47)26(52-34)21-53-19-13-24(35(49)50)40-18-11-3-1-2-7-14-38-16-9-5-10-17-39-15-8-4-6-12-27-28-25(20-54-27)44-36(51)45-28/h14,18,22-28,30-31,34,39,47-48H,1-13,15-17,19-21H2,(H,49,50)(H2,37,41,42)(H2,44,45,51)/b38-14-,40-18+/t24-,25-,26+,27-,28-,30+,31+,34+/m0/s1. The molecule has 0 aliphatic carbocycles. The Kier molecular flexibility index (Phi) is 17.6. The Bertz CT molecular complexity index is 1520. The molecule has 300 valence electrons. The lowest BCUT2D eigenvalue weighted by atomic mass is 10.0. The topological polar surface area (TPSA) is 234 Å². The number of fused-ring (bicyclic) bond motifs is 2. The highest BCUT2D eigenvalue weighted by Crippen LogP contribution is 2.34. The van der Waals surface area contributed by atoms with Gasteiger partial charge in [-0.05, 0) is 89.1 Å². The first-order valence-corrected chi connectivity index (χ1v) is 21.7. The van der Waals surface area contributed by atoms with E-state index in [4.69, 9.17) is 10.5 Å². The quantitative estimate of drug-likeness (QED) is 0.0413. The molecule has 54 heavy (non-hydrogen) atoms. The van der Waals surface area contributed by atoms with Crippen molar-refractivity contribution >= 4 is 64.9 Å². The predicted octanol–water partition coefficient (Wildman–Crippen LogP) is 3.18. The Balaban J connectivity index is 0.808.